The Labute approximate surface area is 154 Å². The molecule has 8 heteroatoms. The molecule has 0 saturated carbocycles. The fraction of sp³-hybridized carbons (Fsp3) is 0.588. The van der Waals surface area contributed by atoms with Crippen LogP contribution in [0, 0.1) is 0 Å². The second kappa shape index (κ2) is 8.03. The maximum absolute atomic E-state index is 12.8. The van der Waals surface area contributed by atoms with E-state index < -0.39 is 10.2 Å². The SMILES string of the molecule is O=C(c1ccc(Cl)cc1)N1CCN(S(=O)(=O)N2CCCCCC2)CC1. The predicted octanol–water partition coefficient (Wildman–Crippen LogP) is 2.22. The van der Waals surface area contributed by atoms with Crippen molar-refractivity contribution in [2.24, 2.45) is 0 Å². The van der Waals surface area contributed by atoms with Crippen LogP contribution < -0.4 is 0 Å². The number of carbonyl (C=O) groups is 1. The van der Waals surface area contributed by atoms with Crippen molar-refractivity contribution in [3.63, 3.8) is 0 Å². The van der Waals surface area contributed by atoms with Gasteiger partial charge in [0.2, 0.25) is 0 Å². The number of benzene rings is 1. The van der Waals surface area contributed by atoms with Gasteiger partial charge in [0, 0.05) is 49.9 Å². The average molecular weight is 386 g/mol. The molecule has 0 spiro atoms. The molecule has 0 N–H and O–H groups in total. The Morgan fingerprint density at radius 1 is 0.800 bits per heavy atom. The van der Waals surface area contributed by atoms with Gasteiger partial charge in [-0.2, -0.15) is 17.0 Å². The second-order valence-corrected chi connectivity index (χ2v) is 8.88. The quantitative estimate of drug-likeness (QED) is 0.801. The van der Waals surface area contributed by atoms with Crippen molar-refractivity contribution >= 4 is 27.7 Å². The topological polar surface area (TPSA) is 60.9 Å². The molecule has 2 aliphatic rings. The lowest BCUT2D eigenvalue weighted by atomic mass is 10.2. The van der Waals surface area contributed by atoms with E-state index in [9.17, 15) is 13.2 Å². The van der Waals surface area contributed by atoms with Crippen molar-refractivity contribution in [3.8, 4) is 0 Å². The van der Waals surface area contributed by atoms with Gasteiger partial charge in [0.1, 0.15) is 0 Å². The summed E-state index contributed by atoms with van der Waals surface area (Å²) < 4.78 is 28.7. The van der Waals surface area contributed by atoms with Gasteiger partial charge in [0.15, 0.2) is 0 Å². The minimum atomic E-state index is -3.42. The lowest BCUT2D eigenvalue weighted by Crippen LogP contribution is -2.54. The second-order valence-electron chi connectivity index (χ2n) is 6.52. The van der Waals surface area contributed by atoms with Gasteiger partial charge < -0.3 is 4.90 Å². The van der Waals surface area contributed by atoms with Gasteiger partial charge in [-0.25, -0.2) is 0 Å². The molecule has 0 aliphatic carbocycles. The lowest BCUT2D eigenvalue weighted by molar-refractivity contribution is 0.0694. The third kappa shape index (κ3) is 4.34. The molecule has 6 nitrogen and oxygen atoms in total. The number of carbonyl (C=O) groups excluding carboxylic acids is 1. The first-order valence-corrected chi connectivity index (χ1v) is 10.6. The lowest BCUT2D eigenvalue weighted by Gasteiger charge is -2.36. The van der Waals surface area contributed by atoms with E-state index in [0.717, 1.165) is 25.7 Å². The highest BCUT2D eigenvalue weighted by Gasteiger charge is 2.33. The van der Waals surface area contributed by atoms with Crippen LogP contribution in [0.2, 0.25) is 5.02 Å². The smallest absolute Gasteiger partial charge is 0.282 e. The molecule has 1 aromatic rings. The van der Waals surface area contributed by atoms with Gasteiger partial charge in [0.05, 0.1) is 0 Å². The van der Waals surface area contributed by atoms with Gasteiger partial charge in [-0.1, -0.05) is 24.4 Å². The number of halogens is 1. The van der Waals surface area contributed by atoms with Crippen molar-refractivity contribution in [2.75, 3.05) is 39.3 Å². The zero-order chi connectivity index (χ0) is 17.9. The molecule has 0 aromatic heterocycles. The zero-order valence-corrected chi connectivity index (χ0v) is 15.8. The van der Waals surface area contributed by atoms with Crippen molar-refractivity contribution in [3.05, 3.63) is 34.9 Å². The summed E-state index contributed by atoms with van der Waals surface area (Å²) in [5.41, 5.74) is 0.577. The van der Waals surface area contributed by atoms with Crippen LogP contribution >= 0.6 is 11.6 Å². The van der Waals surface area contributed by atoms with E-state index in [1.54, 1.807) is 33.5 Å². The number of rotatable bonds is 3. The fourth-order valence-electron chi connectivity index (χ4n) is 3.33. The van der Waals surface area contributed by atoms with Crippen LogP contribution in [-0.2, 0) is 10.2 Å². The normalized spacial score (nSPS) is 21.1. The number of hydrogen-bond donors (Lipinski definition) is 0. The highest BCUT2D eigenvalue weighted by Crippen LogP contribution is 2.19. The Hall–Kier alpha value is -1.15. The number of nitrogens with zero attached hydrogens (tertiary/aromatic N) is 3. The maximum atomic E-state index is 12.8. The average Bonchev–Trinajstić information content (AvgIpc) is 2.92. The van der Waals surface area contributed by atoms with Crippen molar-refractivity contribution in [1.82, 2.24) is 13.5 Å². The predicted molar refractivity (Wildman–Crippen MR) is 97.9 cm³/mol. The van der Waals surface area contributed by atoms with Gasteiger partial charge >= 0.3 is 0 Å². The number of piperazine rings is 1. The van der Waals surface area contributed by atoms with Crippen molar-refractivity contribution in [1.29, 1.82) is 0 Å². The molecule has 2 aliphatic heterocycles. The molecule has 138 valence electrons. The molecular formula is C17H24ClN3O3S. The van der Waals surface area contributed by atoms with Crippen molar-refractivity contribution in [2.45, 2.75) is 25.7 Å². The van der Waals surface area contributed by atoms with Crippen LogP contribution in [-0.4, -0.2) is 67.1 Å². The van der Waals surface area contributed by atoms with Crippen LogP contribution in [0.4, 0.5) is 0 Å². The zero-order valence-electron chi connectivity index (χ0n) is 14.2. The van der Waals surface area contributed by atoms with Gasteiger partial charge in [-0.05, 0) is 37.1 Å². The Kier molecular flexibility index (Phi) is 5.99. The van der Waals surface area contributed by atoms with E-state index in [1.807, 2.05) is 0 Å². The first kappa shape index (κ1) is 18.6. The highest BCUT2D eigenvalue weighted by molar-refractivity contribution is 7.86. The van der Waals surface area contributed by atoms with Crippen LogP contribution in [0.1, 0.15) is 36.0 Å². The summed E-state index contributed by atoms with van der Waals surface area (Å²) >= 11 is 5.85. The third-order valence-electron chi connectivity index (χ3n) is 4.83. The summed E-state index contributed by atoms with van der Waals surface area (Å²) in [5, 5.41) is 0.588. The first-order chi connectivity index (χ1) is 12.0. The molecule has 1 aromatic carbocycles. The highest BCUT2D eigenvalue weighted by atomic mass is 35.5. The van der Waals surface area contributed by atoms with E-state index in [4.69, 9.17) is 11.6 Å². The molecule has 0 radical (unpaired) electrons. The van der Waals surface area contributed by atoms with Gasteiger partial charge in [-0.15, -0.1) is 0 Å². The summed E-state index contributed by atoms with van der Waals surface area (Å²) in [5.74, 6) is -0.0801. The molecule has 0 bridgehead atoms. The van der Waals surface area contributed by atoms with Gasteiger partial charge in [0.25, 0.3) is 16.1 Å². The molecule has 0 unspecified atom stereocenters. The van der Waals surface area contributed by atoms with E-state index in [-0.39, 0.29) is 5.91 Å². The molecule has 25 heavy (non-hydrogen) atoms. The fourth-order valence-corrected chi connectivity index (χ4v) is 5.13. The molecule has 0 atom stereocenters. The summed E-state index contributed by atoms with van der Waals surface area (Å²) in [7, 11) is -3.42. The minimum Gasteiger partial charge on any atom is -0.336 e. The Morgan fingerprint density at radius 2 is 1.32 bits per heavy atom. The van der Waals surface area contributed by atoms with E-state index in [1.165, 1.54) is 4.31 Å². The molecule has 2 fully saturated rings. The van der Waals surface area contributed by atoms with Crippen LogP contribution in [0.15, 0.2) is 24.3 Å². The monoisotopic (exact) mass is 385 g/mol. The van der Waals surface area contributed by atoms with E-state index >= 15 is 0 Å². The molecule has 2 saturated heterocycles. The molecule has 2 heterocycles. The molecule has 1 amide bonds. The van der Waals surface area contributed by atoms with Crippen LogP contribution in [0.25, 0.3) is 0 Å². The third-order valence-corrected chi connectivity index (χ3v) is 7.12. The Morgan fingerprint density at radius 3 is 1.88 bits per heavy atom. The maximum Gasteiger partial charge on any atom is 0.282 e. The van der Waals surface area contributed by atoms with Crippen LogP contribution in [0.5, 0.6) is 0 Å². The van der Waals surface area contributed by atoms with Crippen molar-refractivity contribution < 1.29 is 13.2 Å². The summed E-state index contributed by atoms with van der Waals surface area (Å²) in [6, 6.07) is 6.78. The summed E-state index contributed by atoms with van der Waals surface area (Å²) in [6.45, 7) is 2.72. The Balaban J connectivity index is 1.61. The number of amides is 1. The Bertz CT molecular complexity index is 692. The van der Waals surface area contributed by atoms with E-state index in [2.05, 4.69) is 0 Å². The minimum absolute atomic E-state index is 0.0801. The van der Waals surface area contributed by atoms with E-state index in [0.29, 0.717) is 49.9 Å². The number of hydrogen-bond acceptors (Lipinski definition) is 3. The largest absolute Gasteiger partial charge is 0.336 e. The summed E-state index contributed by atoms with van der Waals surface area (Å²) in [6.07, 6.45) is 4.03. The van der Waals surface area contributed by atoms with Gasteiger partial charge in [-0.3, -0.25) is 4.79 Å². The first-order valence-electron chi connectivity index (χ1n) is 8.78. The van der Waals surface area contributed by atoms with Crippen LogP contribution in [0.3, 0.4) is 0 Å². The molecule has 3 rings (SSSR count). The summed E-state index contributed by atoms with van der Waals surface area (Å²) in [4.78, 5) is 14.2. The molecular weight excluding hydrogens is 362 g/mol. The standard InChI is InChI=1S/C17H24ClN3O3S/c18-16-7-5-15(6-8-16)17(22)19-11-13-21(14-12-19)25(23,24)20-9-3-1-2-4-10-20/h5-8H,1-4,9-14H2.